The van der Waals surface area contributed by atoms with Crippen LogP contribution in [0, 0.1) is 11.3 Å². The van der Waals surface area contributed by atoms with Crippen LogP contribution in [0.2, 0.25) is 0 Å². The van der Waals surface area contributed by atoms with Crippen LogP contribution in [0.25, 0.3) is 0 Å². The molecule has 0 spiro atoms. The highest BCUT2D eigenvalue weighted by Gasteiger charge is 2.30. The molecule has 100 valence electrons. The lowest BCUT2D eigenvalue weighted by Gasteiger charge is -2.13. The van der Waals surface area contributed by atoms with Gasteiger partial charge in [-0.3, -0.25) is 0 Å². The topological polar surface area (TPSA) is 35.8 Å². The fourth-order valence-corrected chi connectivity index (χ4v) is 1.52. The van der Waals surface area contributed by atoms with Gasteiger partial charge in [-0.2, -0.15) is 18.4 Å². The van der Waals surface area contributed by atoms with E-state index in [1.165, 1.54) is 6.07 Å². The molecule has 1 N–H and O–H groups in total. The lowest BCUT2D eigenvalue weighted by Crippen LogP contribution is -2.28. The SMILES string of the molecule is CC(Cc1cccc(C(F)(F)F)c1)NCC#N.Cl. The van der Waals surface area contributed by atoms with Crippen LogP contribution in [0.3, 0.4) is 0 Å². The largest absolute Gasteiger partial charge is 0.416 e. The van der Waals surface area contributed by atoms with Crippen molar-refractivity contribution in [3.8, 4) is 6.07 Å². The van der Waals surface area contributed by atoms with E-state index in [2.05, 4.69) is 5.32 Å². The third-order valence-corrected chi connectivity index (χ3v) is 2.33. The van der Waals surface area contributed by atoms with Gasteiger partial charge in [-0.15, -0.1) is 12.4 Å². The molecule has 1 aromatic rings. The van der Waals surface area contributed by atoms with Crippen molar-refractivity contribution >= 4 is 12.4 Å². The summed E-state index contributed by atoms with van der Waals surface area (Å²) < 4.78 is 37.3. The Bertz CT molecular complexity index is 413. The van der Waals surface area contributed by atoms with Gasteiger partial charge >= 0.3 is 6.18 Å². The molecule has 1 unspecified atom stereocenters. The zero-order valence-corrected chi connectivity index (χ0v) is 10.6. The number of nitrogens with zero attached hydrogens (tertiary/aromatic N) is 1. The molecule has 1 rings (SSSR count). The van der Waals surface area contributed by atoms with Gasteiger partial charge in [0.2, 0.25) is 0 Å². The quantitative estimate of drug-likeness (QED) is 0.859. The second-order valence-corrected chi connectivity index (χ2v) is 3.84. The fraction of sp³-hybridized carbons (Fsp3) is 0.417. The van der Waals surface area contributed by atoms with Crippen molar-refractivity contribution in [3.05, 3.63) is 35.4 Å². The molecule has 0 aromatic heterocycles. The van der Waals surface area contributed by atoms with E-state index >= 15 is 0 Å². The minimum absolute atomic E-state index is 0. The van der Waals surface area contributed by atoms with E-state index in [0.29, 0.717) is 12.0 Å². The Morgan fingerprint density at radius 2 is 2.06 bits per heavy atom. The molecule has 0 fully saturated rings. The second kappa shape index (κ2) is 7.24. The first kappa shape index (κ1) is 16.8. The highest BCUT2D eigenvalue weighted by molar-refractivity contribution is 5.85. The number of alkyl halides is 3. The third kappa shape index (κ3) is 5.39. The van der Waals surface area contributed by atoms with Crippen molar-refractivity contribution in [1.29, 1.82) is 5.26 Å². The zero-order valence-electron chi connectivity index (χ0n) is 9.79. The maximum absolute atomic E-state index is 12.4. The minimum Gasteiger partial charge on any atom is -0.302 e. The summed E-state index contributed by atoms with van der Waals surface area (Å²) in [6.45, 7) is 2.03. The lowest BCUT2D eigenvalue weighted by molar-refractivity contribution is -0.137. The number of rotatable bonds is 4. The van der Waals surface area contributed by atoms with Gasteiger partial charge in [0.05, 0.1) is 18.2 Å². The average molecular weight is 279 g/mol. The van der Waals surface area contributed by atoms with Gasteiger partial charge in [0.15, 0.2) is 0 Å². The van der Waals surface area contributed by atoms with Crippen molar-refractivity contribution < 1.29 is 13.2 Å². The summed E-state index contributed by atoms with van der Waals surface area (Å²) >= 11 is 0. The number of nitrogens with one attached hydrogen (secondary N) is 1. The van der Waals surface area contributed by atoms with E-state index < -0.39 is 11.7 Å². The normalized spacial score (nSPS) is 12.4. The first-order valence-electron chi connectivity index (χ1n) is 5.20. The molecule has 0 aliphatic carbocycles. The van der Waals surface area contributed by atoms with Gasteiger partial charge in [-0.25, -0.2) is 0 Å². The first-order chi connectivity index (χ1) is 7.93. The Hall–Kier alpha value is -1.25. The zero-order chi connectivity index (χ0) is 12.9. The number of hydrogen-bond acceptors (Lipinski definition) is 2. The van der Waals surface area contributed by atoms with E-state index in [0.717, 1.165) is 12.1 Å². The molecule has 0 amide bonds. The van der Waals surface area contributed by atoms with Crippen molar-refractivity contribution in [2.75, 3.05) is 6.54 Å². The highest BCUT2D eigenvalue weighted by atomic mass is 35.5. The number of halogens is 4. The summed E-state index contributed by atoms with van der Waals surface area (Å²) in [7, 11) is 0. The summed E-state index contributed by atoms with van der Waals surface area (Å²) in [5.74, 6) is 0. The molecular weight excluding hydrogens is 265 g/mol. The van der Waals surface area contributed by atoms with Crippen molar-refractivity contribution in [3.63, 3.8) is 0 Å². The van der Waals surface area contributed by atoms with Gasteiger partial charge in [-0.05, 0) is 25.0 Å². The van der Waals surface area contributed by atoms with E-state index in [4.69, 9.17) is 5.26 Å². The fourth-order valence-electron chi connectivity index (χ4n) is 1.52. The Labute approximate surface area is 110 Å². The molecule has 1 aromatic carbocycles. The van der Waals surface area contributed by atoms with Crippen LogP contribution in [-0.2, 0) is 12.6 Å². The summed E-state index contributed by atoms with van der Waals surface area (Å²) in [6.07, 6.45) is -3.84. The van der Waals surface area contributed by atoms with Gasteiger partial charge in [0.25, 0.3) is 0 Å². The maximum Gasteiger partial charge on any atom is 0.416 e. The summed E-state index contributed by atoms with van der Waals surface area (Å²) in [6, 6.07) is 7.15. The molecule has 0 saturated carbocycles. The van der Waals surface area contributed by atoms with Crippen LogP contribution in [0.1, 0.15) is 18.1 Å². The summed E-state index contributed by atoms with van der Waals surface area (Å²) in [5.41, 5.74) is -0.0275. The monoisotopic (exact) mass is 278 g/mol. The molecular formula is C12H14ClF3N2. The molecule has 0 aliphatic rings. The van der Waals surface area contributed by atoms with Gasteiger partial charge in [0, 0.05) is 6.04 Å². The molecule has 18 heavy (non-hydrogen) atoms. The van der Waals surface area contributed by atoms with Crippen molar-refractivity contribution in [2.24, 2.45) is 0 Å². The Balaban J connectivity index is 0.00000289. The van der Waals surface area contributed by atoms with Crippen LogP contribution in [0.4, 0.5) is 13.2 Å². The molecule has 6 heteroatoms. The molecule has 0 bridgehead atoms. The van der Waals surface area contributed by atoms with Crippen LogP contribution in [-0.4, -0.2) is 12.6 Å². The predicted molar refractivity (Wildman–Crippen MR) is 65.5 cm³/mol. The average Bonchev–Trinajstić information content (AvgIpc) is 2.25. The lowest BCUT2D eigenvalue weighted by atomic mass is 10.0. The Morgan fingerprint density at radius 3 is 2.61 bits per heavy atom. The van der Waals surface area contributed by atoms with Gasteiger partial charge in [-0.1, -0.05) is 18.2 Å². The molecule has 0 aliphatic heterocycles. The Morgan fingerprint density at radius 1 is 1.39 bits per heavy atom. The summed E-state index contributed by atoms with van der Waals surface area (Å²) in [4.78, 5) is 0. The smallest absolute Gasteiger partial charge is 0.302 e. The molecule has 1 atom stereocenters. The number of benzene rings is 1. The molecule has 0 saturated heterocycles. The van der Waals surface area contributed by atoms with E-state index in [1.54, 1.807) is 6.07 Å². The van der Waals surface area contributed by atoms with E-state index in [-0.39, 0.29) is 25.0 Å². The van der Waals surface area contributed by atoms with Gasteiger partial charge in [0.1, 0.15) is 0 Å². The highest BCUT2D eigenvalue weighted by Crippen LogP contribution is 2.29. The standard InChI is InChI=1S/C12H13F3N2.ClH/c1-9(17-6-5-16)7-10-3-2-4-11(8-10)12(13,14)15;/h2-4,8-9,17H,6-7H2,1H3;1H. The minimum atomic E-state index is -4.31. The summed E-state index contributed by atoms with van der Waals surface area (Å²) in [5, 5.41) is 11.3. The van der Waals surface area contributed by atoms with Crippen LogP contribution in [0.15, 0.2) is 24.3 Å². The molecule has 2 nitrogen and oxygen atoms in total. The first-order valence-corrected chi connectivity index (χ1v) is 5.20. The van der Waals surface area contributed by atoms with E-state index in [9.17, 15) is 13.2 Å². The van der Waals surface area contributed by atoms with Crippen molar-refractivity contribution in [2.45, 2.75) is 25.6 Å². The Kier molecular flexibility index (Phi) is 6.74. The predicted octanol–water partition coefficient (Wildman–Crippen LogP) is 3.17. The number of nitriles is 1. The molecule has 0 heterocycles. The molecule has 0 radical (unpaired) electrons. The second-order valence-electron chi connectivity index (χ2n) is 3.84. The maximum atomic E-state index is 12.4. The third-order valence-electron chi connectivity index (χ3n) is 2.33. The van der Waals surface area contributed by atoms with Crippen LogP contribution in [0.5, 0.6) is 0 Å². The van der Waals surface area contributed by atoms with Crippen LogP contribution < -0.4 is 5.32 Å². The van der Waals surface area contributed by atoms with Gasteiger partial charge < -0.3 is 5.32 Å². The van der Waals surface area contributed by atoms with Crippen LogP contribution >= 0.6 is 12.4 Å². The number of hydrogen-bond donors (Lipinski definition) is 1. The van der Waals surface area contributed by atoms with Crippen molar-refractivity contribution in [1.82, 2.24) is 5.32 Å². The van der Waals surface area contributed by atoms with E-state index in [1.807, 2.05) is 13.0 Å².